The van der Waals surface area contributed by atoms with Gasteiger partial charge in [-0.2, -0.15) is 0 Å². The minimum Gasteiger partial charge on any atom is -0.480 e. The number of hydrogen-bond donors (Lipinski definition) is 8. The molecule has 0 radical (unpaired) electrons. The number of aliphatic hydroxyl groups excluding tert-OH is 1. The zero-order valence-electron chi connectivity index (χ0n) is 38.8. The number of nitrogens with two attached hydrogens (primary N) is 1. The van der Waals surface area contributed by atoms with Crippen LogP contribution < -0.4 is 32.3 Å². The topological polar surface area (TPSA) is 289 Å². The highest BCUT2D eigenvalue weighted by Crippen LogP contribution is 2.16. The molecular formula is C48H73N7O11. The smallest absolute Gasteiger partial charge is 0.326 e. The van der Waals surface area contributed by atoms with Crippen molar-refractivity contribution in [1.29, 1.82) is 0 Å². The van der Waals surface area contributed by atoms with Crippen molar-refractivity contribution < 1.29 is 48.7 Å². The van der Waals surface area contributed by atoms with E-state index in [2.05, 4.69) is 26.6 Å². The fourth-order valence-corrected chi connectivity index (χ4v) is 7.58. The van der Waals surface area contributed by atoms with Gasteiger partial charge < -0.3 is 47.3 Å². The van der Waals surface area contributed by atoms with E-state index in [0.29, 0.717) is 37.7 Å². The molecule has 0 aliphatic carbocycles. The lowest BCUT2D eigenvalue weighted by Gasteiger charge is -2.27. The number of carbonyl (C=O) groups excluding carboxylic acids is 6. The number of aliphatic hydroxyl groups is 1. The summed E-state index contributed by atoms with van der Waals surface area (Å²) in [6, 6.07) is 12.0. The largest absolute Gasteiger partial charge is 0.480 e. The van der Waals surface area contributed by atoms with Gasteiger partial charge in [0.25, 0.3) is 0 Å². The summed E-state index contributed by atoms with van der Waals surface area (Å²) in [6.45, 7) is 4.59. The predicted octanol–water partition coefficient (Wildman–Crippen LogP) is 3.67. The van der Waals surface area contributed by atoms with Crippen LogP contribution in [0.15, 0.2) is 60.7 Å². The van der Waals surface area contributed by atoms with E-state index in [1.54, 1.807) is 54.6 Å². The third-order valence-corrected chi connectivity index (χ3v) is 11.2. The van der Waals surface area contributed by atoms with E-state index in [4.69, 9.17) is 5.73 Å². The van der Waals surface area contributed by atoms with Gasteiger partial charge in [-0.25, -0.2) is 4.79 Å². The van der Waals surface area contributed by atoms with E-state index in [1.807, 2.05) is 19.9 Å². The quantitative estimate of drug-likeness (QED) is 0.0210. The van der Waals surface area contributed by atoms with E-state index >= 15 is 0 Å². The molecule has 0 bridgehead atoms. The highest BCUT2D eigenvalue weighted by molar-refractivity contribution is 5.94. The fraction of sp³-hybridized carbons (Fsp3) is 0.604. The van der Waals surface area contributed by atoms with Gasteiger partial charge in [-0.15, -0.1) is 0 Å². The zero-order chi connectivity index (χ0) is 48.9. The van der Waals surface area contributed by atoms with Crippen LogP contribution in [0.2, 0.25) is 0 Å². The molecule has 0 aromatic heterocycles. The Bertz CT molecular complexity index is 1800. The van der Waals surface area contributed by atoms with Gasteiger partial charge in [-0.1, -0.05) is 119 Å². The van der Waals surface area contributed by atoms with Crippen LogP contribution in [-0.2, 0) is 46.4 Å². The summed E-state index contributed by atoms with van der Waals surface area (Å²) in [4.78, 5) is 99.3. The third kappa shape index (κ3) is 24.0. The number of nitro groups is 1. The number of nitrogens with zero attached hydrogens (tertiary/aromatic N) is 1. The molecule has 5 amide bonds. The Morgan fingerprint density at radius 3 is 1.68 bits per heavy atom. The van der Waals surface area contributed by atoms with Crippen molar-refractivity contribution >= 4 is 41.8 Å². The summed E-state index contributed by atoms with van der Waals surface area (Å²) >= 11 is 0. The Morgan fingerprint density at radius 2 is 1.17 bits per heavy atom. The molecule has 18 heteroatoms. The molecular weight excluding hydrogens is 851 g/mol. The van der Waals surface area contributed by atoms with Crippen molar-refractivity contribution in [2.24, 2.45) is 11.7 Å². The van der Waals surface area contributed by atoms with Gasteiger partial charge in [0.1, 0.15) is 30.5 Å². The number of carboxylic acid groups (broad SMARTS) is 1. The number of aldehydes is 1. The molecule has 2 aromatic rings. The van der Waals surface area contributed by atoms with Gasteiger partial charge in [0.2, 0.25) is 36.1 Å². The molecule has 0 saturated heterocycles. The fourth-order valence-electron chi connectivity index (χ4n) is 7.58. The van der Waals surface area contributed by atoms with Crippen molar-refractivity contribution in [1.82, 2.24) is 26.6 Å². The third-order valence-electron chi connectivity index (χ3n) is 11.2. The molecule has 0 aliphatic heterocycles. The summed E-state index contributed by atoms with van der Waals surface area (Å²) in [5.41, 5.74) is 7.09. The number of nitrogens with one attached hydrogen (secondary N) is 5. The molecule has 0 spiro atoms. The zero-order valence-corrected chi connectivity index (χ0v) is 38.8. The molecule has 0 fully saturated rings. The summed E-state index contributed by atoms with van der Waals surface area (Å²) < 4.78 is 0. The summed E-state index contributed by atoms with van der Waals surface area (Å²) in [7, 11) is 0. The number of benzene rings is 2. The van der Waals surface area contributed by atoms with Crippen LogP contribution in [0.4, 0.5) is 0 Å². The number of amides is 5. The van der Waals surface area contributed by atoms with E-state index in [0.717, 1.165) is 56.8 Å². The Labute approximate surface area is 388 Å². The van der Waals surface area contributed by atoms with Gasteiger partial charge in [0.05, 0.1) is 12.1 Å². The lowest BCUT2D eigenvalue weighted by atomic mass is 9.98. The standard InChI is InChI=1S/C48H73N7O11/c1-33(2)30-40(46(61)51-39(44(49)59)31-35-20-12-10-13-21-35)52-47(62)43(34(3)57)54-42(58)26-18-8-4-6-16-24-37(25-17-7-5-9-19-29-56)50-38(27-28-55(65)66)45(60)53-41(48(63)64)32-36-22-14-11-15-23-36/h10-15,20-23,29,33-34,37-41,43,50,57H,4-9,16-19,24-28,30-32H2,1-3H3,(H2,49,59)(H,51,61)(H,52,62)(H,53,60)(H,54,58)(H,63,64)/t34-,37?,38-,39-,40-,41-,43-/m0/s1. The van der Waals surface area contributed by atoms with Crippen LogP contribution in [0.1, 0.15) is 128 Å². The minimum atomic E-state index is -1.35. The van der Waals surface area contributed by atoms with E-state index in [9.17, 15) is 53.9 Å². The van der Waals surface area contributed by atoms with Crippen LogP contribution in [-0.4, -0.2) is 106 Å². The van der Waals surface area contributed by atoms with Gasteiger partial charge in [0.15, 0.2) is 0 Å². The molecule has 0 saturated carbocycles. The first kappa shape index (κ1) is 56.4. The SMILES string of the molecule is CC(C)C[C@H](NC(=O)[C@@H](NC(=O)CCCCCCCC(CCCCCCC=O)N[C@@H](CC[N+](=O)[O-])C(=O)N[C@@H](Cc1ccccc1)C(=O)O)[C@H](C)O)C(=O)N[C@@H](Cc1ccccc1)C(N)=O. The number of rotatable bonds is 36. The molecule has 0 aliphatic rings. The van der Waals surface area contributed by atoms with Crippen molar-refractivity contribution in [3.8, 4) is 0 Å². The lowest BCUT2D eigenvalue weighted by molar-refractivity contribution is -0.480. The average Bonchev–Trinajstić information content (AvgIpc) is 3.26. The van der Waals surface area contributed by atoms with Crippen molar-refractivity contribution in [3.63, 3.8) is 0 Å². The van der Waals surface area contributed by atoms with E-state index in [1.165, 1.54) is 6.92 Å². The maximum atomic E-state index is 13.5. The number of primary amides is 1. The number of aliphatic carboxylic acids is 1. The molecule has 1 unspecified atom stereocenters. The highest BCUT2D eigenvalue weighted by atomic mass is 16.6. The van der Waals surface area contributed by atoms with Crippen molar-refractivity contribution in [2.45, 2.75) is 172 Å². The second-order valence-electron chi connectivity index (χ2n) is 17.4. The van der Waals surface area contributed by atoms with E-state index in [-0.39, 0.29) is 44.1 Å². The monoisotopic (exact) mass is 924 g/mol. The second kappa shape index (κ2) is 32.0. The van der Waals surface area contributed by atoms with Crippen LogP contribution in [0.5, 0.6) is 0 Å². The van der Waals surface area contributed by atoms with Crippen LogP contribution in [0, 0.1) is 16.0 Å². The molecule has 0 heterocycles. The Balaban J connectivity index is 1.96. The highest BCUT2D eigenvalue weighted by Gasteiger charge is 2.32. The van der Waals surface area contributed by atoms with Gasteiger partial charge >= 0.3 is 5.97 Å². The molecule has 18 nitrogen and oxygen atoms in total. The summed E-state index contributed by atoms with van der Waals surface area (Å²) in [5.74, 6) is -4.46. The Morgan fingerprint density at radius 1 is 0.667 bits per heavy atom. The first-order valence-electron chi connectivity index (χ1n) is 23.3. The van der Waals surface area contributed by atoms with Crippen LogP contribution >= 0.6 is 0 Å². The van der Waals surface area contributed by atoms with Gasteiger partial charge in [-0.05, 0) is 56.1 Å². The van der Waals surface area contributed by atoms with Crippen LogP contribution in [0.25, 0.3) is 0 Å². The van der Waals surface area contributed by atoms with Crippen molar-refractivity contribution in [2.75, 3.05) is 6.54 Å². The first-order valence-corrected chi connectivity index (χ1v) is 23.3. The maximum absolute atomic E-state index is 13.5. The lowest BCUT2D eigenvalue weighted by Crippen LogP contribution is -2.59. The average molecular weight is 924 g/mol. The maximum Gasteiger partial charge on any atom is 0.326 e. The number of carbonyl (C=O) groups is 7. The number of hydrogen-bond acceptors (Lipinski definition) is 11. The first-order chi connectivity index (χ1) is 31.5. The molecule has 7 atom stereocenters. The molecule has 9 N–H and O–H groups in total. The number of carboxylic acids is 1. The second-order valence-corrected chi connectivity index (χ2v) is 17.4. The molecule has 2 rings (SSSR count). The molecule has 366 valence electrons. The van der Waals surface area contributed by atoms with Crippen LogP contribution in [0.3, 0.4) is 0 Å². The Hall–Kier alpha value is -5.75. The molecule has 66 heavy (non-hydrogen) atoms. The van der Waals surface area contributed by atoms with Crippen molar-refractivity contribution in [3.05, 3.63) is 81.9 Å². The molecule has 2 aromatic carbocycles. The summed E-state index contributed by atoms with van der Waals surface area (Å²) in [6.07, 6.45) is 8.48. The predicted molar refractivity (Wildman–Crippen MR) is 249 cm³/mol. The normalized spacial score (nSPS) is 14.4. The summed E-state index contributed by atoms with van der Waals surface area (Å²) in [5, 5.41) is 45.5. The number of unbranched alkanes of at least 4 members (excludes halogenated alkanes) is 8. The Kier molecular flexibility index (Phi) is 27.3. The van der Waals surface area contributed by atoms with E-state index < -0.39 is 83.3 Å². The minimum absolute atomic E-state index is 0.0398. The van der Waals surface area contributed by atoms with Gasteiger partial charge in [0, 0.05) is 43.1 Å². The van der Waals surface area contributed by atoms with Gasteiger partial charge in [-0.3, -0.25) is 34.1 Å².